The summed E-state index contributed by atoms with van der Waals surface area (Å²) in [4.78, 5) is 11.4. The van der Waals surface area contributed by atoms with Gasteiger partial charge in [-0.15, -0.1) is 0 Å². The van der Waals surface area contributed by atoms with Crippen molar-refractivity contribution < 1.29 is 4.74 Å². The lowest BCUT2D eigenvalue weighted by Gasteiger charge is -2.21. The van der Waals surface area contributed by atoms with Crippen molar-refractivity contribution in [2.75, 3.05) is 23.3 Å². The Labute approximate surface area is 144 Å². The molecule has 0 unspecified atom stereocenters. The number of nitrogens with one attached hydrogen (secondary N) is 1. The van der Waals surface area contributed by atoms with E-state index in [1.165, 1.54) is 25.7 Å². The fourth-order valence-electron chi connectivity index (χ4n) is 2.90. The van der Waals surface area contributed by atoms with Crippen LogP contribution in [0, 0.1) is 0 Å². The summed E-state index contributed by atoms with van der Waals surface area (Å²) in [6, 6.07) is 9.89. The minimum Gasteiger partial charge on any atom is -0.491 e. The molecule has 2 heterocycles. The molecule has 1 aliphatic rings. The second kappa shape index (κ2) is 7.99. The number of anilines is 3. The van der Waals surface area contributed by atoms with Crippen molar-refractivity contribution in [3.8, 4) is 5.75 Å². The van der Waals surface area contributed by atoms with Crippen LogP contribution in [-0.4, -0.2) is 29.2 Å². The molecule has 2 aromatic rings. The van der Waals surface area contributed by atoms with E-state index in [2.05, 4.69) is 20.2 Å². The maximum Gasteiger partial charge on any atom is 0.229 e. The van der Waals surface area contributed by atoms with Gasteiger partial charge in [0.05, 0.1) is 6.10 Å². The van der Waals surface area contributed by atoms with Crippen molar-refractivity contribution in [1.29, 1.82) is 0 Å². The highest BCUT2D eigenvalue weighted by Gasteiger charge is 2.12. The topological polar surface area (TPSA) is 50.3 Å². The Hall–Kier alpha value is -2.30. The van der Waals surface area contributed by atoms with E-state index < -0.39 is 0 Å². The van der Waals surface area contributed by atoms with Crippen LogP contribution in [0.2, 0.25) is 0 Å². The molecule has 3 rings (SSSR count). The Bertz CT molecular complexity index is 634. The van der Waals surface area contributed by atoms with E-state index >= 15 is 0 Å². The van der Waals surface area contributed by atoms with Crippen molar-refractivity contribution in [2.24, 2.45) is 0 Å². The normalized spacial score (nSPS) is 15.2. The van der Waals surface area contributed by atoms with Crippen molar-refractivity contribution in [3.63, 3.8) is 0 Å². The van der Waals surface area contributed by atoms with E-state index in [9.17, 15) is 0 Å². The molecule has 0 saturated carbocycles. The summed E-state index contributed by atoms with van der Waals surface area (Å²) in [5.74, 6) is 2.51. The van der Waals surface area contributed by atoms with E-state index in [-0.39, 0.29) is 6.10 Å². The molecule has 5 heteroatoms. The van der Waals surface area contributed by atoms with Crippen molar-refractivity contribution in [3.05, 3.63) is 36.5 Å². The van der Waals surface area contributed by atoms with Gasteiger partial charge in [0, 0.05) is 25.0 Å². The molecule has 1 saturated heterocycles. The predicted molar refractivity (Wildman–Crippen MR) is 98.2 cm³/mol. The largest absolute Gasteiger partial charge is 0.491 e. The molecule has 1 aromatic carbocycles. The van der Waals surface area contributed by atoms with E-state index in [1.807, 2.05) is 50.4 Å². The molecule has 24 heavy (non-hydrogen) atoms. The highest BCUT2D eigenvalue weighted by molar-refractivity contribution is 5.56. The molecule has 1 aliphatic heterocycles. The SMILES string of the molecule is CC(C)Oc1ccc(Nc2nccc(N3CCCCCC3)n2)cc1. The highest BCUT2D eigenvalue weighted by Crippen LogP contribution is 2.21. The van der Waals surface area contributed by atoms with Crippen molar-refractivity contribution >= 4 is 17.5 Å². The second-order valence-corrected chi connectivity index (χ2v) is 6.46. The van der Waals surface area contributed by atoms with Gasteiger partial charge in [-0.3, -0.25) is 0 Å². The smallest absolute Gasteiger partial charge is 0.229 e. The highest BCUT2D eigenvalue weighted by atomic mass is 16.5. The molecule has 0 spiro atoms. The maximum absolute atomic E-state index is 5.66. The summed E-state index contributed by atoms with van der Waals surface area (Å²) < 4.78 is 5.66. The average Bonchev–Trinajstić information content (AvgIpc) is 2.86. The molecular formula is C19H26N4O. The monoisotopic (exact) mass is 326 g/mol. The predicted octanol–water partition coefficient (Wildman–Crippen LogP) is 4.39. The van der Waals surface area contributed by atoms with Crippen LogP contribution in [0.4, 0.5) is 17.5 Å². The van der Waals surface area contributed by atoms with Gasteiger partial charge < -0.3 is 15.0 Å². The standard InChI is InChI=1S/C19H26N4O/c1-15(2)24-17-9-7-16(8-10-17)21-19-20-12-11-18(22-19)23-13-5-3-4-6-14-23/h7-12,15H,3-6,13-14H2,1-2H3,(H,20,21,22). The minimum absolute atomic E-state index is 0.178. The van der Waals surface area contributed by atoms with Gasteiger partial charge in [-0.2, -0.15) is 4.98 Å². The first-order valence-corrected chi connectivity index (χ1v) is 8.82. The third kappa shape index (κ3) is 4.60. The van der Waals surface area contributed by atoms with Gasteiger partial charge in [-0.1, -0.05) is 12.8 Å². The number of ether oxygens (including phenoxy) is 1. The lowest BCUT2D eigenvalue weighted by molar-refractivity contribution is 0.242. The Morgan fingerprint density at radius 1 is 1.00 bits per heavy atom. The van der Waals surface area contributed by atoms with Gasteiger partial charge in [0.25, 0.3) is 0 Å². The molecule has 0 radical (unpaired) electrons. The zero-order valence-electron chi connectivity index (χ0n) is 14.5. The van der Waals surface area contributed by atoms with Crippen molar-refractivity contribution in [1.82, 2.24) is 9.97 Å². The Morgan fingerprint density at radius 3 is 2.38 bits per heavy atom. The van der Waals surface area contributed by atoms with Gasteiger partial charge in [-0.25, -0.2) is 4.98 Å². The third-order valence-corrected chi connectivity index (χ3v) is 4.05. The summed E-state index contributed by atoms with van der Waals surface area (Å²) in [7, 11) is 0. The van der Waals surface area contributed by atoms with Crippen LogP contribution in [0.25, 0.3) is 0 Å². The average molecular weight is 326 g/mol. The quantitative estimate of drug-likeness (QED) is 0.883. The molecule has 0 amide bonds. The molecular weight excluding hydrogens is 300 g/mol. The van der Waals surface area contributed by atoms with Crippen LogP contribution in [-0.2, 0) is 0 Å². The van der Waals surface area contributed by atoms with Crippen LogP contribution in [0.5, 0.6) is 5.75 Å². The van der Waals surface area contributed by atoms with Crippen LogP contribution >= 0.6 is 0 Å². The molecule has 5 nitrogen and oxygen atoms in total. The summed E-state index contributed by atoms with van der Waals surface area (Å²) in [5.41, 5.74) is 0.958. The zero-order valence-corrected chi connectivity index (χ0v) is 14.5. The van der Waals surface area contributed by atoms with Gasteiger partial charge in [0.15, 0.2) is 0 Å². The lowest BCUT2D eigenvalue weighted by Crippen LogP contribution is -2.25. The van der Waals surface area contributed by atoms with Crippen molar-refractivity contribution in [2.45, 2.75) is 45.6 Å². The van der Waals surface area contributed by atoms with E-state index in [0.717, 1.165) is 30.3 Å². The Kier molecular flexibility index (Phi) is 5.51. The fraction of sp³-hybridized carbons (Fsp3) is 0.474. The minimum atomic E-state index is 0.178. The second-order valence-electron chi connectivity index (χ2n) is 6.46. The summed E-state index contributed by atoms with van der Waals surface area (Å²) in [5, 5.41) is 3.28. The van der Waals surface area contributed by atoms with Gasteiger partial charge in [0.1, 0.15) is 11.6 Å². The van der Waals surface area contributed by atoms with Crippen LogP contribution in [0.15, 0.2) is 36.5 Å². The molecule has 0 atom stereocenters. The molecule has 1 N–H and O–H groups in total. The molecule has 128 valence electrons. The van der Waals surface area contributed by atoms with Gasteiger partial charge in [0.2, 0.25) is 5.95 Å². The number of hydrogen-bond donors (Lipinski definition) is 1. The van der Waals surface area contributed by atoms with E-state index in [4.69, 9.17) is 4.74 Å². The van der Waals surface area contributed by atoms with Gasteiger partial charge in [-0.05, 0) is 57.0 Å². The number of rotatable bonds is 5. The number of benzene rings is 1. The van der Waals surface area contributed by atoms with Crippen LogP contribution in [0.3, 0.4) is 0 Å². The Balaban J connectivity index is 1.67. The van der Waals surface area contributed by atoms with Gasteiger partial charge >= 0.3 is 0 Å². The van der Waals surface area contributed by atoms with Crippen LogP contribution < -0.4 is 15.0 Å². The summed E-state index contributed by atoms with van der Waals surface area (Å²) in [6.45, 7) is 6.21. The first-order valence-electron chi connectivity index (χ1n) is 8.82. The molecule has 0 aliphatic carbocycles. The van der Waals surface area contributed by atoms with E-state index in [0.29, 0.717) is 5.95 Å². The molecule has 1 aromatic heterocycles. The number of nitrogens with zero attached hydrogens (tertiary/aromatic N) is 3. The molecule has 0 bridgehead atoms. The van der Waals surface area contributed by atoms with E-state index in [1.54, 1.807) is 0 Å². The number of hydrogen-bond acceptors (Lipinski definition) is 5. The van der Waals surface area contributed by atoms with Crippen LogP contribution in [0.1, 0.15) is 39.5 Å². The summed E-state index contributed by atoms with van der Waals surface area (Å²) in [6.07, 6.45) is 7.12. The zero-order chi connectivity index (χ0) is 16.8. The first-order chi connectivity index (χ1) is 11.7. The number of aromatic nitrogens is 2. The Morgan fingerprint density at radius 2 is 1.71 bits per heavy atom. The molecule has 1 fully saturated rings. The lowest BCUT2D eigenvalue weighted by atomic mass is 10.2. The summed E-state index contributed by atoms with van der Waals surface area (Å²) >= 11 is 0. The fourth-order valence-corrected chi connectivity index (χ4v) is 2.90. The first kappa shape index (κ1) is 16.6. The third-order valence-electron chi connectivity index (χ3n) is 4.05. The maximum atomic E-state index is 5.66.